The van der Waals surface area contributed by atoms with Gasteiger partial charge in [0.2, 0.25) is 5.95 Å². The van der Waals surface area contributed by atoms with E-state index < -0.39 is 18.6 Å². The van der Waals surface area contributed by atoms with Crippen LogP contribution in [0.3, 0.4) is 0 Å². The first-order chi connectivity index (χ1) is 7.02. The van der Waals surface area contributed by atoms with Crippen LogP contribution < -0.4 is 5.32 Å². The first-order valence-corrected chi connectivity index (χ1v) is 4.45. The number of aliphatic carboxylic acids is 1. The van der Waals surface area contributed by atoms with Crippen molar-refractivity contribution >= 4 is 11.9 Å². The Morgan fingerprint density at radius 3 is 2.40 bits per heavy atom. The van der Waals surface area contributed by atoms with Crippen LogP contribution in [0.25, 0.3) is 0 Å². The average molecular weight is 211 g/mol. The maximum Gasteiger partial charge on any atom is 0.328 e. The van der Waals surface area contributed by atoms with Crippen LogP contribution in [-0.4, -0.2) is 38.8 Å². The number of nitrogens with zero attached hydrogens (tertiary/aromatic N) is 2. The molecule has 0 aliphatic rings. The summed E-state index contributed by atoms with van der Waals surface area (Å²) >= 11 is 0. The predicted octanol–water partition coefficient (Wildman–Crippen LogP) is -0.0492. The summed E-state index contributed by atoms with van der Waals surface area (Å²) in [5, 5.41) is 20.0. The third kappa shape index (κ3) is 3.17. The van der Waals surface area contributed by atoms with E-state index in [0.717, 1.165) is 11.4 Å². The second kappa shape index (κ2) is 4.70. The number of nitrogens with one attached hydrogen (secondary N) is 1. The van der Waals surface area contributed by atoms with E-state index in [1.807, 2.05) is 0 Å². The Labute approximate surface area is 87.0 Å². The van der Waals surface area contributed by atoms with Gasteiger partial charge in [-0.3, -0.25) is 0 Å². The molecule has 6 nitrogen and oxygen atoms in total. The second-order valence-electron chi connectivity index (χ2n) is 3.19. The molecule has 0 aromatic carbocycles. The highest BCUT2D eigenvalue weighted by Gasteiger charge is 2.16. The van der Waals surface area contributed by atoms with Crippen molar-refractivity contribution in [2.24, 2.45) is 0 Å². The number of carboxylic acids is 1. The van der Waals surface area contributed by atoms with E-state index in [-0.39, 0.29) is 5.95 Å². The molecule has 0 saturated carbocycles. The number of hydrogen-bond donors (Lipinski definition) is 3. The summed E-state index contributed by atoms with van der Waals surface area (Å²) in [6, 6.07) is 0.700. The predicted molar refractivity (Wildman–Crippen MR) is 53.6 cm³/mol. The van der Waals surface area contributed by atoms with Crippen molar-refractivity contribution in [1.29, 1.82) is 0 Å². The van der Waals surface area contributed by atoms with E-state index in [1.165, 1.54) is 0 Å². The molecule has 1 unspecified atom stereocenters. The normalized spacial score (nSPS) is 12.2. The largest absolute Gasteiger partial charge is 0.480 e. The van der Waals surface area contributed by atoms with Gasteiger partial charge in [0.05, 0.1) is 6.61 Å². The molecule has 0 bridgehead atoms. The van der Waals surface area contributed by atoms with Crippen LogP contribution in [0.5, 0.6) is 0 Å². The zero-order chi connectivity index (χ0) is 11.4. The van der Waals surface area contributed by atoms with Crippen molar-refractivity contribution in [3.63, 3.8) is 0 Å². The topological polar surface area (TPSA) is 95.3 Å². The van der Waals surface area contributed by atoms with Crippen LogP contribution >= 0.6 is 0 Å². The number of carboxylic acid groups (broad SMARTS) is 1. The van der Waals surface area contributed by atoms with Crippen LogP contribution in [0.2, 0.25) is 0 Å². The zero-order valence-corrected chi connectivity index (χ0v) is 8.56. The first-order valence-electron chi connectivity index (χ1n) is 4.45. The highest BCUT2D eigenvalue weighted by atomic mass is 16.4. The molecule has 3 N–H and O–H groups in total. The van der Waals surface area contributed by atoms with E-state index in [2.05, 4.69) is 15.3 Å². The van der Waals surface area contributed by atoms with Gasteiger partial charge in [-0.2, -0.15) is 0 Å². The van der Waals surface area contributed by atoms with Crippen molar-refractivity contribution < 1.29 is 15.0 Å². The highest BCUT2D eigenvalue weighted by Crippen LogP contribution is 2.05. The third-order valence-electron chi connectivity index (χ3n) is 1.77. The van der Waals surface area contributed by atoms with E-state index in [0.29, 0.717) is 0 Å². The summed E-state index contributed by atoms with van der Waals surface area (Å²) in [7, 11) is 0. The van der Waals surface area contributed by atoms with Gasteiger partial charge in [0.15, 0.2) is 6.04 Å². The molecule has 0 aliphatic heterocycles. The summed E-state index contributed by atoms with van der Waals surface area (Å²) in [5.41, 5.74) is 1.49. The molecule has 1 atom stereocenters. The summed E-state index contributed by atoms with van der Waals surface area (Å²) < 4.78 is 0. The smallest absolute Gasteiger partial charge is 0.328 e. The molecule has 1 aromatic heterocycles. The van der Waals surface area contributed by atoms with Crippen LogP contribution in [0, 0.1) is 13.8 Å². The maximum absolute atomic E-state index is 10.6. The zero-order valence-electron chi connectivity index (χ0n) is 8.56. The van der Waals surface area contributed by atoms with Gasteiger partial charge >= 0.3 is 5.97 Å². The summed E-state index contributed by atoms with van der Waals surface area (Å²) in [5.74, 6) is -0.922. The monoisotopic (exact) mass is 211 g/mol. The van der Waals surface area contributed by atoms with Crippen molar-refractivity contribution in [2.45, 2.75) is 19.9 Å². The molecule has 0 spiro atoms. The number of aliphatic hydroxyl groups excluding tert-OH is 1. The van der Waals surface area contributed by atoms with Crippen molar-refractivity contribution in [2.75, 3.05) is 11.9 Å². The lowest BCUT2D eigenvalue weighted by Crippen LogP contribution is -2.33. The quantitative estimate of drug-likeness (QED) is 0.646. The fraction of sp³-hybridized carbons (Fsp3) is 0.444. The van der Waals surface area contributed by atoms with Crippen molar-refractivity contribution in [3.05, 3.63) is 17.5 Å². The van der Waals surface area contributed by atoms with Crippen molar-refractivity contribution in [3.8, 4) is 0 Å². The van der Waals surface area contributed by atoms with Crippen LogP contribution in [0.4, 0.5) is 5.95 Å². The Kier molecular flexibility index (Phi) is 3.56. The van der Waals surface area contributed by atoms with Gasteiger partial charge in [-0.05, 0) is 19.9 Å². The van der Waals surface area contributed by atoms with Crippen LogP contribution in [0.15, 0.2) is 6.07 Å². The number of anilines is 1. The van der Waals surface area contributed by atoms with Gasteiger partial charge in [0, 0.05) is 11.4 Å². The van der Waals surface area contributed by atoms with Gasteiger partial charge < -0.3 is 15.5 Å². The van der Waals surface area contributed by atoms with Crippen molar-refractivity contribution in [1.82, 2.24) is 9.97 Å². The first kappa shape index (κ1) is 11.4. The van der Waals surface area contributed by atoms with Gasteiger partial charge in [-0.15, -0.1) is 0 Å². The summed E-state index contributed by atoms with van der Waals surface area (Å²) in [6.07, 6.45) is 0. The third-order valence-corrected chi connectivity index (χ3v) is 1.77. The molecule has 1 heterocycles. The lowest BCUT2D eigenvalue weighted by molar-refractivity contribution is -0.138. The van der Waals surface area contributed by atoms with Crippen LogP contribution in [0.1, 0.15) is 11.4 Å². The molecule has 1 aromatic rings. The number of aromatic nitrogens is 2. The number of carbonyl (C=O) groups is 1. The fourth-order valence-electron chi connectivity index (χ4n) is 1.13. The Morgan fingerprint density at radius 1 is 1.47 bits per heavy atom. The minimum Gasteiger partial charge on any atom is -0.480 e. The fourth-order valence-corrected chi connectivity index (χ4v) is 1.13. The highest BCUT2D eigenvalue weighted by molar-refractivity contribution is 5.76. The molecule has 6 heteroatoms. The number of aliphatic hydroxyl groups is 1. The Balaban J connectivity index is 2.83. The molecular weight excluding hydrogens is 198 g/mol. The Bertz CT molecular complexity index is 347. The molecule has 15 heavy (non-hydrogen) atoms. The number of rotatable bonds is 4. The molecular formula is C9H13N3O3. The van der Waals surface area contributed by atoms with Crippen LogP contribution in [-0.2, 0) is 4.79 Å². The number of aryl methyl sites for hydroxylation is 2. The Morgan fingerprint density at radius 2 is 2.00 bits per heavy atom. The molecule has 0 amide bonds. The summed E-state index contributed by atoms with van der Waals surface area (Å²) in [6.45, 7) is 3.06. The van der Waals surface area contributed by atoms with Gasteiger partial charge in [0.25, 0.3) is 0 Å². The van der Waals surface area contributed by atoms with E-state index in [1.54, 1.807) is 19.9 Å². The minimum absolute atomic E-state index is 0.217. The maximum atomic E-state index is 10.6. The lowest BCUT2D eigenvalue weighted by Gasteiger charge is -2.11. The van der Waals surface area contributed by atoms with E-state index in [9.17, 15) is 4.79 Å². The molecule has 82 valence electrons. The van der Waals surface area contributed by atoms with Gasteiger partial charge in [0.1, 0.15) is 0 Å². The number of hydrogen-bond acceptors (Lipinski definition) is 5. The lowest BCUT2D eigenvalue weighted by atomic mass is 10.3. The molecule has 0 fully saturated rings. The molecule has 0 radical (unpaired) electrons. The Hall–Kier alpha value is -1.69. The molecule has 1 rings (SSSR count). The second-order valence-corrected chi connectivity index (χ2v) is 3.19. The summed E-state index contributed by atoms with van der Waals surface area (Å²) in [4.78, 5) is 18.6. The molecule has 0 saturated heterocycles. The van der Waals surface area contributed by atoms with Gasteiger partial charge in [-0.1, -0.05) is 0 Å². The minimum atomic E-state index is -1.14. The van der Waals surface area contributed by atoms with E-state index >= 15 is 0 Å². The SMILES string of the molecule is Cc1cc(C)nc(NC(CO)C(=O)O)n1. The average Bonchev–Trinajstić information content (AvgIpc) is 2.12. The van der Waals surface area contributed by atoms with E-state index in [4.69, 9.17) is 10.2 Å². The molecule has 0 aliphatic carbocycles. The van der Waals surface area contributed by atoms with Gasteiger partial charge in [-0.25, -0.2) is 14.8 Å². The standard InChI is InChI=1S/C9H13N3O3/c1-5-3-6(2)11-9(10-5)12-7(4-13)8(14)15/h3,7,13H,4H2,1-2H3,(H,14,15)(H,10,11,12).